The van der Waals surface area contributed by atoms with Crippen molar-refractivity contribution in [2.45, 2.75) is 13.3 Å². The SMILES string of the molecule is Cc1ccc(C#N)c(N2C[C@@H]3COc4ccccc4C[C@]3(CO)C2)n1. The summed E-state index contributed by atoms with van der Waals surface area (Å²) in [5.74, 6) is 1.83. The van der Waals surface area contributed by atoms with E-state index in [2.05, 4.69) is 22.0 Å². The third-order valence-electron chi connectivity index (χ3n) is 5.52. The Labute approximate surface area is 147 Å². The van der Waals surface area contributed by atoms with Gasteiger partial charge in [-0.2, -0.15) is 5.26 Å². The maximum atomic E-state index is 10.3. The number of ether oxygens (including phenoxy) is 1. The second-order valence-electron chi connectivity index (χ2n) is 7.13. The van der Waals surface area contributed by atoms with Gasteiger partial charge in [-0.1, -0.05) is 18.2 Å². The molecule has 2 aliphatic rings. The van der Waals surface area contributed by atoms with E-state index in [9.17, 15) is 10.4 Å². The van der Waals surface area contributed by atoms with E-state index in [1.54, 1.807) is 0 Å². The molecular weight excluding hydrogens is 314 g/mol. The average Bonchev–Trinajstić information content (AvgIpc) is 2.92. The molecule has 2 atom stereocenters. The van der Waals surface area contributed by atoms with E-state index >= 15 is 0 Å². The van der Waals surface area contributed by atoms with Gasteiger partial charge in [-0.25, -0.2) is 4.98 Å². The molecule has 3 heterocycles. The van der Waals surface area contributed by atoms with Crippen LogP contribution in [0, 0.1) is 29.6 Å². The number of aliphatic hydroxyl groups excluding tert-OH is 1. The Kier molecular flexibility index (Phi) is 3.85. The Morgan fingerprint density at radius 3 is 3.00 bits per heavy atom. The maximum absolute atomic E-state index is 10.3. The molecule has 0 saturated carbocycles. The predicted octanol–water partition coefficient (Wildman–Crippen LogP) is 2.31. The van der Waals surface area contributed by atoms with Crippen LogP contribution in [0.15, 0.2) is 36.4 Å². The minimum absolute atomic E-state index is 0.0968. The zero-order valence-electron chi connectivity index (χ0n) is 14.3. The Hall–Kier alpha value is -2.58. The van der Waals surface area contributed by atoms with Gasteiger partial charge >= 0.3 is 0 Å². The van der Waals surface area contributed by atoms with Crippen molar-refractivity contribution in [2.75, 3.05) is 31.2 Å². The Balaban J connectivity index is 1.70. The minimum Gasteiger partial charge on any atom is -0.493 e. The molecule has 1 saturated heterocycles. The van der Waals surface area contributed by atoms with Crippen molar-refractivity contribution in [1.82, 2.24) is 4.98 Å². The van der Waals surface area contributed by atoms with E-state index < -0.39 is 0 Å². The van der Waals surface area contributed by atoms with Gasteiger partial charge in [0.15, 0.2) is 0 Å². The van der Waals surface area contributed by atoms with Crippen molar-refractivity contribution in [2.24, 2.45) is 11.3 Å². The zero-order chi connectivity index (χ0) is 17.4. The number of aryl methyl sites for hydroxylation is 1. The average molecular weight is 335 g/mol. The van der Waals surface area contributed by atoms with Crippen molar-refractivity contribution in [3.8, 4) is 11.8 Å². The van der Waals surface area contributed by atoms with E-state index in [0.29, 0.717) is 18.7 Å². The van der Waals surface area contributed by atoms with Crippen LogP contribution < -0.4 is 9.64 Å². The topological polar surface area (TPSA) is 69.4 Å². The highest BCUT2D eigenvalue weighted by molar-refractivity contribution is 5.56. The van der Waals surface area contributed by atoms with Gasteiger partial charge < -0.3 is 14.7 Å². The lowest BCUT2D eigenvalue weighted by Gasteiger charge is -2.30. The van der Waals surface area contributed by atoms with E-state index in [1.165, 1.54) is 0 Å². The second-order valence-corrected chi connectivity index (χ2v) is 7.13. The molecular formula is C20H21N3O2. The number of anilines is 1. The fourth-order valence-corrected chi connectivity index (χ4v) is 4.09. The van der Waals surface area contributed by atoms with Crippen molar-refractivity contribution in [1.29, 1.82) is 5.26 Å². The summed E-state index contributed by atoms with van der Waals surface area (Å²) in [6, 6.07) is 14.0. The maximum Gasteiger partial charge on any atom is 0.146 e. The minimum atomic E-state index is -0.273. The molecule has 4 rings (SSSR count). The first-order valence-electron chi connectivity index (χ1n) is 8.59. The highest BCUT2D eigenvalue weighted by Gasteiger charge is 2.49. The van der Waals surface area contributed by atoms with Gasteiger partial charge in [-0.3, -0.25) is 0 Å². The quantitative estimate of drug-likeness (QED) is 0.912. The van der Waals surface area contributed by atoms with Gasteiger partial charge in [-0.15, -0.1) is 0 Å². The largest absolute Gasteiger partial charge is 0.493 e. The van der Waals surface area contributed by atoms with Gasteiger partial charge in [0, 0.05) is 30.1 Å². The fraction of sp³-hybridized carbons (Fsp3) is 0.400. The van der Waals surface area contributed by atoms with Gasteiger partial charge in [0.1, 0.15) is 17.6 Å². The molecule has 0 radical (unpaired) electrons. The fourth-order valence-electron chi connectivity index (χ4n) is 4.09. The molecule has 2 aliphatic heterocycles. The summed E-state index contributed by atoms with van der Waals surface area (Å²) in [5, 5.41) is 19.7. The molecule has 1 aromatic heterocycles. The van der Waals surface area contributed by atoms with E-state index in [0.717, 1.165) is 35.8 Å². The van der Waals surface area contributed by atoms with Crippen LogP contribution in [0.25, 0.3) is 0 Å². The molecule has 2 aromatic rings. The second kappa shape index (κ2) is 6.05. The summed E-state index contributed by atoms with van der Waals surface area (Å²) in [4.78, 5) is 6.74. The van der Waals surface area contributed by atoms with Crippen molar-refractivity contribution in [3.05, 3.63) is 53.2 Å². The summed E-state index contributed by atoms with van der Waals surface area (Å²) in [5.41, 5.74) is 2.33. The highest BCUT2D eigenvalue weighted by Crippen LogP contribution is 2.44. The molecule has 0 aliphatic carbocycles. The van der Waals surface area contributed by atoms with Gasteiger partial charge in [-0.05, 0) is 37.1 Å². The van der Waals surface area contributed by atoms with Crippen LogP contribution in [0.5, 0.6) is 5.75 Å². The summed E-state index contributed by atoms with van der Waals surface area (Å²) < 4.78 is 6.03. The van der Waals surface area contributed by atoms with Crippen LogP contribution in [-0.2, 0) is 6.42 Å². The van der Waals surface area contributed by atoms with E-state index in [1.807, 2.05) is 37.3 Å². The molecule has 128 valence electrons. The number of hydrogen-bond acceptors (Lipinski definition) is 5. The lowest BCUT2D eigenvalue weighted by Crippen LogP contribution is -2.38. The molecule has 0 unspecified atom stereocenters. The number of fused-ring (bicyclic) bond motifs is 2. The normalized spacial score (nSPS) is 24.7. The molecule has 0 bridgehead atoms. The lowest BCUT2D eigenvalue weighted by atomic mass is 9.75. The third kappa shape index (κ3) is 2.63. The van der Waals surface area contributed by atoms with Crippen molar-refractivity contribution in [3.63, 3.8) is 0 Å². The molecule has 1 aromatic carbocycles. The molecule has 5 nitrogen and oxygen atoms in total. The third-order valence-corrected chi connectivity index (χ3v) is 5.52. The molecule has 5 heteroatoms. The molecule has 0 spiro atoms. The summed E-state index contributed by atoms with van der Waals surface area (Å²) in [6.07, 6.45) is 0.772. The Morgan fingerprint density at radius 2 is 2.20 bits per heavy atom. The van der Waals surface area contributed by atoms with Crippen LogP contribution >= 0.6 is 0 Å². The number of para-hydroxylation sites is 1. The number of nitrogens with zero attached hydrogens (tertiary/aromatic N) is 3. The Morgan fingerprint density at radius 1 is 1.36 bits per heavy atom. The van der Waals surface area contributed by atoms with Crippen LogP contribution in [0.3, 0.4) is 0 Å². The van der Waals surface area contributed by atoms with Crippen LogP contribution in [0.1, 0.15) is 16.8 Å². The van der Waals surface area contributed by atoms with Crippen molar-refractivity contribution >= 4 is 5.82 Å². The highest BCUT2D eigenvalue weighted by atomic mass is 16.5. The predicted molar refractivity (Wildman–Crippen MR) is 94.6 cm³/mol. The molecule has 1 N–H and O–H groups in total. The summed E-state index contributed by atoms with van der Waals surface area (Å²) >= 11 is 0. The number of benzene rings is 1. The standard InChI is InChI=1S/C20H21N3O2/c1-14-6-7-16(9-21)19(22-14)23-10-17-11-25-18-5-3-2-4-15(18)8-20(17,12-23)13-24/h2-7,17,24H,8,10-13H2,1H3/t17-,20-/m1/s1. The van der Waals surface area contributed by atoms with Gasteiger partial charge in [0.2, 0.25) is 0 Å². The number of aliphatic hydroxyl groups is 1. The zero-order valence-corrected chi connectivity index (χ0v) is 14.3. The first-order valence-corrected chi connectivity index (χ1v) is 8.59. The molecule has 25 heavy (non-hydrogen) atoms. The van der Waals surface area contributed by atoms with Crippen LogP contribution in [0.2, 0.25) is 0 Å². The first kappa shape index (κ1) is 15.9. The smallest absolute Gasteiger partial charge is 0.146 e. The number of rotatable bonds is 2. The summed E-state index contributed by atoms with van der Waals surface area (Å²) in [6.45, 7) is 4.01. The van der Waals surface area contributed by atoms with Crippen molar-refractivity contribution < 1.29 is 9.84 Å². The number of aromatic nitrogens is 1. The van der Waals surface area contributed by atoms with Gasteiger partial charge in [0.25, 0.3) is 0 Å². The monoisotopic (exact) mass is 335 g/mol. The van der Waals surface area contributed by atoms with E-state index in [-0.39, 0.29) is 17.9 Å². The number of nitriles is 1. The molecule has 0 amide bonds. The summed E-state index contributed by atoms with van der Waals surface area (Å²) in [7, 11) is 0. The number of hydrogen-bond donors (Lipinski definition) is 1. The first-order chi connectivity index (χ1) is 12.1. The van der Waals surface area contributed by atoms with Gasteiger partial charge in [0.05, 0.1) is 18.8 Å². The van der Waals surface area contributed by atoms with E-state index in [4.69, 9.17) is 4.74 Å². The Bertz CT molecular complexity index is 845. The van der Waals surface area contributed by atoms with Crippen LogP contribution in [-0.4, -0.2) is 36.4 Å². The molecule has 1 fully saturated rings. The number of pyridine rings is 1. The van der Waals surface area contributed by atoms with Crippen LogP contribution in [0.4, 0.5) is 5.82 Å². The lowest BCUT2D eigenvalue weighted by molar-refractivity contribution is 0.0816.